The van der Waals surface area contributed by atoms with Crippen molar-refractivity contribution >= 4 is 5.97 Å². The lowest BCUT2D eigenvalue weighted by molar-refractivity contribution is 0.0472. The lowest BCUT2D eigenvalue weighted by atomic mass is 10.2. The second kappa shape index (κ2) is 9.37. The Morgan fingerprint density at radius 3 is 2.79 bits per heavy atom. The van der Waals surface area contributed by atoms with Crippen LogP contribution in [0.1, 0.15) is 22.5 Å². The number of rotatable bonds is 10. The second-order valence-electron chi connectivity index (χ2n) is 3.70. The summed E-state index contributed by atoms with van der Waals surface area (Å²) in [6.45, 7) is 2.35. The second-order valence-corrected chi connectivity index (χ2v) is 3.70. The fourth-order valence-electron chi connectivity index (χ4n) is 1.32. The third-order valence-corrected chi connectivity index (χ3v) is 2.27. The SMILES string of the molecule is COCCOCCCOCc1ncncc1C(=O)O. The smallest absolute Gasteiger partial charge is 0.339 e. The van der Waals surface area contributed by atoms with Gasteiger partial charge in [-0.05, 0) is 6.42 Å². The van der Waals surface area contributed by atoms with E-state index in [0.717, 1.165) is 6.42 Å². The zero-order valence-corrected chi connectivity index (χ0v) is 10.9. The van der Waals surface area contributed by atoms with E-state index in [1.54, 1.807) is 7.11 Å². The summed E-state index contributed by atoms with van der Waals surface area (Å²) >= 11 is 0. The van der Waals surface area contributed by atoms with Crippen molar-refractivity contribution < 1.29 is 24.1 Å². The number of aromatic nitrogens is 2. The molecule has 0 fully saturated rings. The minimum atomic E-state index is -1.05. The van der Waals surface area contributed by atoms with Crippen molar-refractivity contribution in [1.29, 1.82) is 0 Å². The molecule has 0 aliphatic rings. The van der Waals surface area contributed by atoms with Gasteiger partial charge in [0.05, 0.1) is 25.5 Å². The van der Waals surface area contributed by atoms with E-state index in [4.69, 9.17) is 19.3 Å². The molecule has 0 aliphatic heterocycles. The van der Waals surface area contributed by atoms with E-state index in [2.05, 4.69) is 9.97 Å². The van der Waals surface area contributed by atoms with Gasteiger partial charge in [0.25, 0.3) is 0 Å². The molecule has 7 nitrogen and oxygen atoms in total. The van der Waals surface area contributed by atoms with Gasteiger partial charge in [-0.1, -0.05) is 0 Å². The molecule has 0 aromatic carbocycles. The van der Waals surface area contributed by atoms with Crippen molar-refractivity contribution in [2.45, 2.75) is 13.0 Å². The highest BCUT2D eigenvalue weighted by Gasteiger charge is 2.10. The quantitative estimate of drug-likeness (QED) is 0.627. The number of carbonyl (C=O) groups is 1. The molecule has 7 heteroatoms. The fourth-order valence-corrected chi connectivity index (χ4v) is 1.32. The van der Waals surface area contributed by atoms with Gasteiger partial charge in [-0.2, -0.15) is 0 Å². The molecule has 0 saturated carbocycles. The Bertz CT molecular complexity index is 386. The first-order chi connectivity index (χ1) is 9.25. The summed E-state index contributed by atoms with van der Waals surface area (Å²) < 4.78 is 15.5. The summed E-state index contributed by atoms with van der Waals surface area (Å²) in [6, 6.07) is 0. The molecular formula is C12H18N2O5. The Balaban J connectivity index is 2.17. The van der Waals surface area contributed by atoms with E-state index in [1.165, 1.54) is 12.5 Å². The van der Waals surface area contributed by atoms with E-state index in [0.29, 0.717) is 32.1 Å². The number of hydrogen-bond acceptors (Lipinski definition) is 6. The fraction of sp³-hybridized carbons (Fsp3) is 0.583. The van der Waals surface area contributed by atoms with Crippen molar-refractivity contribution in [1.82, 2.24) is 9.97 Å². The van der Waals surface area contributed by atoms with Crippen molar-refractivity contribution in [2.24, 2.45) is 0 Å². The molecule has 1 heterocycles. The summed E-state index contributed by atoms with van der Waals surface area (Å²) in [7, 11) is 1.62. The van der Waals surface area contributed by atoms with E-state index in [-0.39, 0.29) is 12.2 Å². The van der Waals surface area contributed by atoms with E-state index < -0.39 is 5.97 Å². The largest absolute Gasteiger partial charge is 0.478 e. The maximum absolute atomic E-state index is 10.9. The Morgan fingerprint density at radius 2 is 2.05 bits per heavy atom. The zero-order chi connectivity index (χ0) is 13.9. The zero-order valence-electron chi connectivity index (χ0n) is 10.9. The van der Waals surface area contributed by atoms with Gasteiger partial charge in [0, 0.05) is 26.5 Å². The van der Waals surface area contributed by atoms with Crippen LogP contribution in [-0.4, -0.2) is 54.6 Å². The molecule has 1 rings (SSSR count). The maximum atomic E-state index is 10.9. The number of nitrogens with zero attached hydrogens (tertiary/aromatic N) is 2. The van der Waals surface area contributed by atoms with Gasteiger partial charge in [0.1, 0.15) is 11.9 Å². The Morgan fingerprint density at radius 1 is 1.26 bits per heavy atom. The lowest BCUT2D eigenvalue weighted by Crippen LogP contribution is -2.09. The molecule has 0 radical (unpaired) electrons. The molecule has 0 atom stereocenters. The molecule has 1 aromatic heterocycles. The van der Waals surface area contributed by atoms with Crippen molar-refractivity contribution in [2.75, 3.05) is 33.5 Å². The number of aromatic carboxylic acids is 1. The van der Waals surface area contributed by atoms with Gasteiger partial charge in [0.15, 0.2) is 0 Å². The van der Waals surface area contributed by atoms with Crippen LogP contribution in [0.2, 0.25) is 0 Å². The molecule has 0 spiro atoms. The Hall–Kier alpha value is -1.57. The van der Waals surface area contributed by atoms with Crippen molar-refractivity contribution in [3.63, 3.8) is 0 Å². The summed E-state index contributed by atoms with van der Waals surface area (Å²) in [6.07, 6.45) is 3.30. The minimum absolute atomic E-state index is 0.0684. The van der Waals surface area contributed by atoms with Gasteiger partial charge in [-0.25, -0.2) is 14.8 Å². The van der Waals surface area contributed by atoms with Crippen LogP contribution in [0.5, 0.6) is 0 Å². The van der Waals surface area contributed by atoms with Gasteiger partial charge >= 0.3 is 5.97 Å². The molecule has 0 aliphatic carbocycles. The first kappa shape index (κ1) is 15.5. The topological polar surface area (TPSA) is 90.8 Å². The third-order valence-electron chi connectivity index (χ3n) is 2.27. The summed E-state index contributed by atoms with van der Waals surface area (Å²) in [5.41, 5.74) is 0.446. The van der Waals surface area contributed by atoms with Crippen LogP contribution in [0, 0.1) is 0 Å². The molecule has 0 unspecified atom stereocenters. The number of ether oxygens (including phenoxy) is 3. The minimum Gasteiger partial charge on any atom is -0.478 e. The lowest BCUT2D eigenvalue weighted by Gasteiger charge is -2.06. The molecule has 1 N–H and O–H groups in total. The monoisotopic (exact) mass is 270 g/mol. The Kier molecular flexibility index (Phi) is 7.64. The first-order valence-corrected chi connectivity index (χ1v) is 5.92. The van der Waals surface area contributed by atoms with Gasteiger partial charge in [0.2, 0.25) is 0 Å². The highest BCUT2D eigenvalue weighted by atomic mass is 16.5. The van der Waals surface area contributed by atoms with Gasteiger partial charge in [-0.3, -0.25) is 0 Å². The summed E-state index contributed by atoms with van der Waals surface area (Å²) in [5, 5.41) is 8.92. The van der Waals surface area contributed by atoms with Crippen LogP contribution in [0.3, 0.4) is 0 Å². The highest BCUT2D eigenvalue weighted by molar-refractivity contribution is 5.88. The van der Waals surface area contributed by atoms with Crippen LogP contribution < -0.4 is 0 Å². The number of methoxy groups -OCH3 is 1. The van der Waals surface area contributed by atoms with E-state index in [9.17, 15) is 4.79 Å². The molecule has 19 heavy (non-hydrogen) atoms. The van der Waals surface area contributed by atoms with Crippen LogP contribution in [0.4, 0.5) is 0 Å². The molecular weight excluding hydrogens is 252 g/mol. The number of carboxylic acids is 1. The average molecular weight is 270 g/mol. The van der Waals surface area contributed by atoms with Crippen LogP contribution >= 0.6 is 0 Å². The summed E-state index contributed by atoms with van der Waals surface area (Å²) in [5.74, 6) is -1.05. The molecule has 0 saturated heterocycles. The standard InChI is InChI=1S/C12H18N2O5/c1-17-5-6-18-3-2-4-19-8-11-10(12(15)16)7-13-9-14-11/h7,9H,2-6,8H2,1H3,(H,15,16). The number of carboxylic acid groups (broad SMARTS) is 1. The normalized spacial score (nSPS) is 10.6. The van der Waals surface area contributed by atoms with Crippen LogP contribution in [0.15, 0.2) is 12.5 Å². The molecule has 106 valence electrons. The van der Waals surface area contributed by atoms with Crippen LogP contribution in [-0.2, 0) is 20.8 Å². The summed E-state index contributed by atoms with van der Waals surface area (Å²) in [4.78, 5) is 18.5. The van der Waals surface area contributed by atoms with Crippen molar-refractivity contribution in [3.8, 4) is 0 Å². The maximum Gasteiger partial charge on any atom is 0.339 e. The van der Waals surface area contributed by atoms with Gasteiger partial charge in [-0.15, -0.1) is 0 Å². The predicted octanol–water partition coefficient (Wildman–Crippen LogP) is 0.744. The Labute approximate surface area is 111 Å². The molecule has 0 amide bonds. The van der Waals surface area contributed by atoms with Crippen LogP contribution in [0.25, 0.3) is 0 Å². The van der Waals surface area contributed by atoms with Crippen molar-refractivity contribution in [3.05, 3.63) is 23.8 Å². The molecule has 0 bridgehead atoms. The van der Waals surface area contributed by atoms with E-state index >= 15 is 0 Å². The highest BCUT2D eigenvalue weighted by Crippen LogP contribution is 2.05. The molecule has 1 aromatic rings. The van der Waals surface area contributed by atoms with Gasteiger partial charge < -0.3 is 19.3 Å². The number of hydrogen-bond donors (Lipinski definition) is 1. The van der Waals surface area contributed by atoms with E-state index in [1.807, 2.05) is 0 Å². The first-order valence-electron chi connectivity index (χ1n) is 5.92. The average Bonchev–Trinajstić information content (AvgIpc) is 2.42. The third kappa shape index (κ3) is 6.23. The predicted molar refractivity (Wildman–Crippen MR) is 66.0 cm³/mol.